The van der Waals surface area contributed by atoms with E-state index in [4.69, 9.17) is 0 Å². The number of rotatable bonds is 6. The first-order valence-corrected chi connectivity index (χ1v) is 10.4. The Bertz CT molecular complexity index is 1240. The highest BCUT2D eigenvalue weighted by molar-refractivity contribution is 8.15. The van der Waals surface area contributed by atoms with E-state index in [9.17, 15) is 26.7 Å². The fourth-order valence-electron chi connectivity index (χ4n) is 2.64. The first kappa shape index (κ1) is 23.4. The van der Waals surface area contributed by atoms with E-state index in [-0.39, 0.29) is 5.91 Å². The predicted molar refractivity (Wildman–Crippen MR) is 114 cm³/mol. The standard InChI is InChI=1S/C20H13F5N6O2S/c21-19(22,23)20(24,25)33-15-7-5-14(6-8-15)31-11-26-17(30-31)13-3-1-12(2-4-13)9-27-29-18-28-16(32)10-34-18/h1-9,11H,10H2,(H,28,29,32)/b27-9+. The van der Waals surface area contributed by atoms with Gasteiger partial charge in [-0.25, -0.2) is 9.67 Å². The van der Waals surface area contributed by atoms with Crippen molar-refractivity contribution >= 4 is 29.1 Å². The quantitative estimate of drug-likeness (QED) is 0.316. The molecular weight excluding hydrogens is 483 g/mol. The molecule has 0 spiro atoms. The number of amidine groups is 1. The molecule has 8 nitrogen and oxygen atoms in total. The average molecular weight is 496 g/mol. The number of ether oxygens (including phenoxy) is 1. The fraction of sp³-hybridized carbons (Fsp3) is 0.150. The maximum absolute atomic E-state index is 13.0. The zero-order valence-electron chi connectivity index (χ0n) is 16.8. The Balaban J connectivity index is 1.41. The molecule has 4 rings (SSSR count). The molecule has 1 aliphatic rings. The number of benzene rings is 2. The minimum atomic E-state index is -5.83. The molecule has 2 aromatic carbocycles. The van der Waals surface area contributed by atoms with Crippen molar-refractivity contribution in [3.05, 3.63) is 60.4 Å². The maximum Gasteiger partial charge on any atom is 0.499 e. The van der Waals surface area contributed by atoms with Crippen molar-refractivity contribution in [2.75, 3.05) is 5.75 Å². The highest BCUT2D eigenvalue weighted by Gasteiger charge is 2.61. The number of alkyl halides is 5. The van der Waals surface area contributed by atoms with Crippen molar-refractivity contribution in [2.45, 2.75) is 12.3 Å². The van der Waals surface area contributed by atoms with Gasteiger partial charge in [0.2, 0.25) is 5.91 Å². The third-order valence-electron chi connectivity index (χ3n) is 4.28. The van der Waals surface area contributed by atoms with E-state index < -0.39 is 18.0 Å². The first-order chi connectivity index (χ1) is 16.1. The Labute approximate surface area is 192 Å². The SMILES string of the molecule is O=C1CS/C(=N/N=C/c2ccc(-c3ncn(-c4ccc(OC(F)(F)C(F)(F)F)cc4)n3)cc2)N1. The van der Waals surface area contributed by atoms with Crippen LogP contribution in [-0.4, -0.2) is 50.1 Å². The molecule has 1 aliphatic heterocycles. The molecule has 1 fully saturated rings. The normalized spacial score (nSPS) is 15.8. The molecule has 14 heteroatoms. The first-order valence-electron chi connectivity index (χ1n) is 9.40. The van der Waals surface area contributed by atoms with Gasteiger partial charge in [0.1, 0.15) is 12.1 Å². The number of nitrogens with one attached hydrogen (secondary N) is 1. The Kier molecular flexibility index (Phi) is 6.32. The van der Waals surface area contributed by atoms with Crippen LogP contribution in [0.25, 0.3) is 17.1 Å². The van der Waals surface area contributed by atoms with Crippen molar-refractivity contribution in [1.29, 1.82) is 0 Å². The van der Waals surface area contributed by atoms with Crippen LogP contribution in [0, 0.1) is 0 Å². The second-order valence-electron chi connectivity index (χ2n) is 6.73. The van der Waals surface area contributed by atoms with Gasteiger partial charge < -0.3 is 10.1 Å². The predicted octanol–water partition coefficient (Wildman–Crippen LogP) is 4.02. The lowest BCUT2D eigenvalue weighted by Gasteiger charge is -2.20. The van der Waals surface area contributed by atoms with Crippen molar-refractivity contribution in [2.24, 2.45) is 10.2 Å². The highest BCUT2D eigenvalue weighted by atomic mass is 32.2. The number of halogens is 5. The van der Waals surface area contributed by atoms with E-state index >= 15 is 0 Å². The van der Waals surface area contributed by atoms with Crippen LogP contribution in [-0.2, 0) is 4.79 Å². The van der Waals surface area contributed by atoms with Gasteiger partial charge in [-0.3, -0.25) is 4.79 Å². The van der Waals surface area contributed by atoms with Gasteiger partial charge in [-0.1, -0.05) is 36.0 Å². The fourth-order valence-corrected chi connectivity index (χ4v) is 3.27. The van der Waals surface area contributed by atoms with Gasteiger partial charge in [-0.15, -0.1) is 10.2 Å². The lowest BCUT2D eigenvalue weighted by molar-refractivity contribution is -0.360. The Morgan fingerprint density at radius 1 is 1.06 bits per heavy atom. The van der Waals surface area contributed by atoms with E-state index in [1.54, 1.807) is 24.3 Å². The molecule has 34 heavy (non-hydrogen) atoms. The summed E-state index contributed by atoms with van der Waals surface area (Å²) in [4.78, 5) is 15.3. The lowest BCUT2D eigenvalue weighted by Crippen LogP contribution is -2.41. The zero-order chi connectivity index (χ0) is 24.3. The average Bonchev–Trinajstić information content (AvgIpc) is 3.43. The third kappa shape index (κ3) is 5.39. The molecule has 2 heterocycles. The molecule has 1 saturated heterocycles. The van der Waals surface area contributed by atoms with Gasteiger partial charge in [0, 0.05) is 5.56 Å². The monoisotopic (exact) mass is 496 g/mol. The Hall–Kier alpha value is -3.81. The van der Waals surface area contributed by atoms with Crippen molar-refractivity contribution in [3.63, 3.8) is 0 Å². The number of aromatic nitrogens is 3. The number of carbonyl (C=O) groups is 1. The second-order valence-corrected chi connectivity index (χ2v) is 7.70. The van der Waals surface area contributed by atoms with Crippen molar-refractivity contribution in [3.8, 4) is 22.8 Å². The zero-order valence-corrected chi connectivity index (χ0v) is 17.6. The van der Waals surface area contributed by atoms with Gasteiger partial charge in [-0.05, 0) is 29.8 Å². The maximum atomic E-state index is 13.0. The molecule has 0 atom stereocenters. The summed E-state index contributed by atoms with van der Waals surface area (Å²) in [7, 11) is 0. The van der Waals surface area contributed by atoms with Gasteiger partial charge in [0.15, 0.2) is 11.0 Å². The summed E-state index contributed by atoms with van der Waals surface area (Å²) in [6, 6.07) is 11.5. The second kappa shape index (κ2) is 9.21. The number of carbonyl (C=O) groups excluding carboxylic acids is 1. The summed E-state index contributed by atoms with van der Waals surface area (Å²) in [5.74, 6) is -0.0998. The van der Waals surface area contributed by atoms with Crippen LogP contribution in [0.1, 0.15) is 5.56 Å². The number of thioether (sulfide) groups is 1. The summed E-state index contributed by atoms with van der Waals surface area (Å²) in [6.45, 7) is 0. The molecule has 1 aromatic heterocycles. The topological polar surface area (TPSA) is 93.8 Å². The van der Waals surface area contributed by atoms with E-state index in [2.05, 4.69) is 30.3 Å². The van der Waals surface area contributed by atoms with Crippen molar-refractivity contribution in [1.82, 2.24) is 20.1 Å². The molecule has 0 radical (unpaired) electrons. The summed E-state index contributed by atoms with van der Waals surface area (Å²) in [5, 5.41) is 15.1. The van der Waals surface area contributed by atoms with Crippen LogP contribution in [0.5, 0.6) is 5.75 Å². The number of hydrogen-bond acceptors (Lipinski definition) is 7. The summed E-state index contributed by atoms with van der Waals surface area (Å²) < 4.78 is 67.9. The van der Waals surface area contributed by atoms with Crippen LogP contribution < -0.4 is 10.1 Å². The summed E-state index contributed by atoms with van der Waals surface area (Å²) >= 11 is 1.26. The summed E-state index contributed by atoms with van der Waals surface area (Å²) in [5.41, 5.74) is 1.79. The molecule has 1 N–H and O–H groups in total. The van der Waals surface area contributed by atoms with Gasteiger partial charge in [0.25, 0.3) is 0 Å². The van der Waals surface area contributed by atoms with E-state index in [1.807, 2.05) is 0 Å². The van der Waals surface area contributed by atoms with E-state index in [0.717, 1.165) is 17.7 Å². The van der Waals surface area contributed by atoms with Crippen molar-refractivity contribution < 1.29 is 31.5 Å². The number of amides is 1. The lowest BCUT2D eigenvalue weighted by atomic mass is 10.1. The van der Waals surface area contributed by atoms with Crippen LogP contribution in [0.2, 0.25) is 0 Å². The molecule has 3 aromatic rings. The largest absolute Gasteiger partial charge is 0.499 e. The molecule has 0 saturated carbocycles. The Morgan fingerprint density at radius 3 is 2.38 bits per heavy atom. The number of nitrogens with zero attached hydrogens (tertiary/aromatic N) is 5. The van der Waals surface area contributed by atoms with Gasteiger partial charge >= 0.3 is 12.3 Å². The highest BCUT2D eigenvalue weighted by Crippen LogP contribution is 2.37. The molecule has 1 amide bonds. The molecule has 0 unspecified atom stereocenters. The summed E-state index contributed by atoms with van der Waals surface area (Å²) in [6.07, 6.45) is -8.24. The minimum Gasteiger partial charge on any atom is -0.426 e. The smallest absolute Gasteiger partial charge is 0.426 e. The Morgan fingerprint density at radius 2 is 1.76 bits per heavy atom. The molecule has 0 bridgehead atoms. The van der Waals surface area contributed by atoms with Gasteiger partial charge in [-0.2, -0.15) is 27.1 Å². The van der Waals surface area contributed by atoms with Crippen LogP contribution in [0.4, 0.5) is 22.0 Å². The van der Waals surface area contributed by atoms with E-state index in [0.29, 0.717) is 28.0 Å². The molecular formula is C20H13F5N6O2S. The van der Waals surface area contributed by atoms with E-state index in [1.165, 1.54) is 41.1 Å². The van der Waals surface area contributed by atoms with Gasteiger partial charge in [0.05, 0.1) is 17.7 Å². The molecule has 176 valence electrons. The van der Waals surface area contributed by atoms with Crippen LogP contribution in [0.15, 0.2) is 65.1 Å². The molecule has 0 aliphatic carbocycles. The number of hydrogen-bond donors (Lipinski definition) is 1. The van der Waals surface area contributed by atoms with Crippen LogP contribution in [0.3, 0.4) is 0 Å². The van der Waals surface area contributed by atoms with Crippen LogP contribution >= 0.6 is 11.8 Å². The minimum absolute atomic E-state index is 0.123. The third-order valence-corrected chi connectivity index (χ3v) is 5.14.